The molecule has 4 nitrogen and oxygen atoms in total. The molecule has 0 N–H and O–H groups in total. The van der Waals surface area contributed by atoms with Gasteiger partial charge >= 0.3 is 12.4 Å². The van der Waals surface area contributed by atoms with Crippen LogP contribution >= 0.6 is 0 Å². The molecular formula is C29H24F6N2O2. The molecule has 0 fully saturated rings. The van der Waals surface area contributed by atoms with Crippen LogP contribution in [-0.4, -0.2) is 24.1 Å². The first kappa shape index (κ1) is 26.8. The van der Waals surface area contributed by atoms with Gasteiger partial charge < -0.3 is 9.47 Å². The van der Waals surface area contributed by atoms with Gasteiger partial charge in [-0.25, -0.2) is 9.98 Å². The van der Waals surface area contributed by atoms with Crippen LogP contribution in [0.1, 0.15) is 54.2 Å². The minimum Gasteiger partial charge on any atom is -0.460 e. The number of hydrogen-bond donors (Lipinski definition) is 0. The molecule has 204 valence electrons. The number of halogens is 6. The molecule has 0 amide bonds. The second-order valence-electron chi connectivity index (χ2n) is 10.1. The fraction of sp³-hybridized carbons (Fsp3) is 0.310. The highest BCUT2D eigenvalue weighted by molar-refractivity contribution is 5.97. The molecule has 10 heteroatoms. The summed E-state index contributed by atoms with van der Waals surface area (Å²) in [5.41, 5.74) is -3.23. The van der Waals surface area contributed by atoms with Crippen LogP contribution in [0.2, 0.25) is 0 Å². The molecule has 5 rings (SSSR count). The van der Waals surface area contributed by atoms with E-state index in [1.807, 2.05) is 13.0 Å². The number of benzene rings is 3. The van der Waals surface area contributed by atoms with Gasteiger partial charge in [-0.15, -0.1) is 0 Å². The zero-order chi connectivity index (χ0) is 28.4. The summed E-state index contributed by atoms with van der Waals surface area (Å²) in [6.07, 6.45) is -9.43. The van der Waals surface area contributed by atoms with Crippen LogP contribution in [0.25, 0.3) is 0 Å². The second kappa shape index (κ2) is 8.86. The summed E-state index contributed by atoms with van der Waals surface area (Å²) in [5, 5.41) is 0. The maximum atomic E-state index is 14.4. The molecule has 0 bridgehead atoms. The van der Waals surface area contributed by atoms with Crippen molar-refractivity contribution in [3.63, 3.8) is 0 Å². The van der Waals surface area contributed by atoms with Gasteiger partial charge in [-0.1, -0.05) is 29.8 Å². The Morgan fingerprint density at radius 1 is 0.692 bits per heavy atom. The van der Waals surface area contributed by atoms with E-state index in [-0.39, 0.29) is 40.7 Å². The number of hydrogen-bond acceptors (Lipinski definition) is 4. The van der Waals surface area contributed by atoms with E-state index < -0.39 is 23.6 Å². The van der Waals surface area contributed by atoms with Gasteiger partial charge in [0.15, 0.2) is 5.90 Å². The van der Waals surface area contributed by atoms with Crippen molar-refractivity contribution in [2.45, 2.75) is 57.7 Å². The third-order valence-electron chi connectivity index (χ3n) is 7.06. The number of ether oxygens (including phenoxy) is 2. The van der Waals surface area contributed by atoms with E-state index in [4.69, 9.17) is 9.47 Å². The smallest absolute Gasteiger partial charge is 0.432 e. The van der Waals surface area contributed by atoms with E-state index in [1.54, 1.807) is 30.3 Å². The Kier molecular flexibility index (Phi) is 6.08. The summed E-state index contributed by atoms with van der Waals surface area (Å²) in [5.74, 6) is -0.252. The Labute approximate surface area is 221 Å². The van der Waals surface area contributed by atoms with Crippen molar-refractivity contribution in [2.24, 2.45) is 9.98 Å². The molecule has 39 heavy (non-hydrogen) atoms. The molecule has 2 atom stereocenters. The third-order valence-corrected chi connectivity index (χ3v) is 7.06. The van der Waals surface area contributed by atoms with Gasteiger partial charge in [0.2, 0.25) is 17.1 Å². The van der Waals surface area contributed by atoms with Gasteiger partial charge in [-0.3, -0.25) is 0 Å². The van der Waals surface area contributed by atoms with Crippen molar-refractivity contribution in [3.8, 4) is 0 Å². The second-order valence-corrected chi connectivity index (χ2v) is 10.1. The minimum absolute atomic E-state index is 0.0690. The maximum absolute atomic E-state index is 14.4. The molecule has 0 radical (unpaired) electrons. The molecule has 2 unspecified atom stereocenters. The molecule has 0 saturated carbocycles. The lowest BCUT2D eigenvalue weighted by atomic mass is 9.87. The zero-order valence-electron chi connectivity index (χ0n) is 21.5. The van der Waals surface area contributed by atoms with Crippen LogP contribution < -0.4 is 0 Å². The van der Waals surface area contributed by atoms with Gasteiger partial charge in [0.1, 0.15) is 0 Å². The van der Waals surface area contributed by atoms with Crippen LogP contribution in [0.3, 0.4) is 0 Å². The number of nitrogens with zero attached hydrogens (tertiary/aromatic N) is 2. The summed E-state index contributed by atoms with van der Waals surface area (Å²) >= 11 is 0. The van der Waals surface area contributed by atoms with E-state index in [9.17, 15) is 26.3 Å². The Hall–Kier alpha value is -3.82. The van der Waals surface area contributed by atoms with E-state index in [2.05, 4.69) is 9.98 Å². The third kappa shape index (κ3) is 4.55. The first-order chi connectivity index (χ1) is 18.1. The monoisotopic (exact) mass is 546 g/mol. The van der Waals surface area contributed by atoms with Gasteiger partial charge in [0.25, 0.3) is 0 Å². The average Bonchev–Trinajstić information content (AvgIpc) is 2.83. The predicted molar refractivity (Wildman–Crippen MR) is 135 cm³/mol. The topological polar surface area (TPSA) is 43.2 Å². The first-order valence-electron chi connectivity index (χ1n) is 12.1. The highest BCUT2D eigenvalue weighted by Gasteiger charge is 2.59. The molecule has 0 spiro atoms. The van der Waals surface area contributed by atoms with Gasteiger partial charge in [0.05, 0.1) is 11.4 Å². The summed E-state index contributed by atoms with van der Waals surface area (Å²) in [6.45, 7) is 5.04. The van der Waals surface area contributed by atoms with E-state index in [0.29, 0.717) is 16.7 Å². The normalized spacial score (nSPS) is 22.6. The van der Waals surface area contributed by atoms with Crippen LogP contribution in [0.15, 0.2) is 70.6 Å². The quantitative estimate of drug-likeness (QED) is 0.310. The standard InChI is InChI=1S/C29H24F6N2O2/c1-16-6-5-7-20(12-16)25-37-24-11-9-19(15-22(24)27(4,39-25)29(33,34)35)13-18-8-10-23-21(14-18)26(3,28(30,31)32)38-17(2)36-23/h5-12,14-15H,13H2,1-4H3. The molecule has 0 aliphatic carbocycles. The molecule has 2 heterocycles. The van der Waals surface area contributed by atoms with Crippen molar-refractivity contribution in [3.05, 3.63) is 94.0 Å². The summed E-state index contributed by atoms with van der Waals surface area (Å²) in [6, 6.07) is 15.7. The van der Waals surface area contributed by atoms with Gasteiger partial charge in [-0.05, 0) is 74.7 Å². The molecule has 0 aromatic heterocycles. The highest BCUT2D eigenvalue weighted by atomic mass is 19.4. The van der Waals surface area contributed by atoms with Crippen molar-refractivity contribution in [1.29, 1.82) is 0 Å². The Morgan fingerprint density at radius 3 is 1.77 bits per heavy atom. The van der Waals surface area contributed by atoms with Crippen molar-refractivity contribution in [2.75, 3.05) is 0 Å². The fourth-order valence-corrected chi connectivity index (χ4v) is 4.83. The average molecular weight is 547 g/mol. The molecule has 2 aliphatic heterocycles. The molecule has 3 aromatic carbocycles. The number of aryl methyl sites for hydroxylation is 1. The van der Waals surface area contributed by atoms with Gasteiger partial charge in [-0.2, -0.15) is 26.3 Å². The largest absolute Gasteiger partial charge is 0.460 e. The maximum Gasteiger partial charge on any atom is 0.432 e. The Bertz CT molecular complexity index is 1520. The van der Waals surface area contributed by atoms with Crippen LogP contribution in [-0.2, 0) is 27.1 Å². The van der Waals surface area contributed by atoms with E-state index in [0.717, 1.165) is 19.4 Å². The molecule has 0 saturated heterocycles. The minimum atomic E-state index is -4.78. The van der Waals surface area contributed by atoms with Crippen molar-refractivity contribution >= 4 is 23.2 Å². The number of alkyl halides is 6. The highest BCUT2D eigenvalue weighted by Crippen LogP contribution is 2.50. The van der Waals surface area contributed by atoms with Crippen molar-refractivity contribution in [1.82, 2.24) is 0 Å². The molecule has 2 aliphatic rings. The molecular weight excluding hydrogens is 522 g/mol. The predicted octanol–water partition coefficient (Wildman–Crippen LogP) is 8.33. The number of fused-ring (bicyclic) bond motifs is 2. The molecule has 3 aromatic rings. The fourth-order valence-electron chi connectivity index (χ4n) is 4.83. The number of rotatable bonds is 3. The summed E-state index contributed by atoms with van der Waals surface area (Å²) in [4.78, 5) is 8.45. The Balaban J connectivity index is 1.56. The van der Waals surface area contributed by atoms with Crippen molar-refractivity contribution < 1.29 is 35.8 Å². The van der Waals surface area contributed by atoms with Crippen LogP contribution in [0, 0.1) is 6.92 Å². The van der Waals surface area contributed by atoms with Crippen LogP contribution in [0.5, 0.6) is 0 Å². The zero-order valence-corrected chi connectivity index (χ0v) is 21.5. The number of aliphatic imine (C=N–C) groups is 2. The lowest BCUT2D eigenvalue weighted by molar-refractivity contribution is -0.253. The van der Waals surface area contributed by atoms with Crippen LogP contribution in [0.4, 0.5) is 37.7 Å². The summed E-state index contributed by atoms with van der Waals surface area (Å²) in [7, 11) is 0. The lowest BCUT2D eigenvalue weighted by Crippen LogP contribution is -2.45. The lowest BCUT2D eigenvalue weighted by Gasteiger charge is -2.37. The summed E-state index contributed by atoms with van der Waals surface area (Å²) < 4.78 is 95.9. The van der Waals surface area contributed by atoms with E-state index >= 15 is 0 Å². The SMILES string of the molecule is CC1=Nc2ccc(Cc3ccc4c(c3)C(C)(C(F)(F)F)OC(c3cccc(C)c3)=N4)cc2C(C)(C(F)(F)F)O1. The Morgan fingerprint density at radius 2 is 1.23 bits per heavy atom. The van der Waals surface area contributed by atoms with E-state index in [1.165, 1.54) is 31.2 Å². The van der Waals surface area contributed by atoms with Gasteiger partial charge in [0, 0.05) is 23.6 Å². The first-order valence-corrected chi connectivity index (χ1v) is 12.1.